The molecule has 3 aromatic heterocycles. The van der Waals surface area contributed by atoms with E-state index in [-0.39, 0.29) is 5.56 Å². The number of nitrogens with zero attached hydrogens (tertiary/aromatic N) is 2. The zero-order valence-corrected chi connectivity index (χ0v) is 11.0. The Hall–Kier alpha value is -2.29. The summed E-state index contributed by atoms with van der Waals surface area (Å²) >= 11 is 0. The van der Waals surface area contributed by atoms with E-state index in [1.54, 1.807) is 4.40 Å². The first-order valence-corrected chi connectivity index (χ1v) is 6.47. The van der Waals surface area contributed by atoms with Gasteiger partial charge in [0.2, 0.25) is 0 Å². The number of aryl methyl sites for hydroxylation is 1. The van der Waals surface area contributed by atoms with E-state index in [9.17, 15) is 4.79 Å². The zero-order valence-electron chi connectivity index (χ0n) is 11.0. The van der Waals surface area contributed by atoms with Crippen molar-refractivity contribution in [3.05, 3.63) is 69.1 Å². The molecule has 0 aromatic carbocycles. The Kier molecular flexibility index (Phi) is 1.89. The maximum Gasteiger partial charge on any atom is 0.263 e. The van der Waals surface area contributed by atoms with Crippen LogP contribution in [-0.4, -0.2) is 8.97 Å². The lowest BCUT2D eigenvalue weighted by Crippen LogP contribution is -2.39. The first-order valence-electron chi connectivity index (χ1n) is 6.47. The van der Waals surface area contributed by atoms with Gasteiger partial charge in [-0.2, -0.15) is 0 Å². The summed E-state index contributed by atoms with van der Waals surface area (Å²) in [5, 5.41) is 0.882. The molecule has 4 rings (SSSR count). The molecule has 0 N–H and O–H groups in total. The van der Waals surface area contributed by atoms with Crippen molar-refractivity contribution in [3.8, 4) is 0 Å². The van der Waals surface area contributed by atoms with Gasteiger partial charge >= 0.3 is 0 Å². The van der Waals surface area contributed by atoms with E-state index in [0.29, 0.717) is 0 Å². The Morgan fingerprint density at radius 3 is 2.74 bits per heavy atom. The monoisotopic (exact) mass is 250 g/mol. The van der Waals surface area contributed by atoms with E-state index in [0.717, 1.165) is 34.1 Å². The molecular formula is C16H14N2O. The standard InChI is InChI=1S/C16H14N2O/c1-10-12-9-17-7-3-5-13(17)11(2)15(12)16(19)18-8-4-6-14(10)18/h3-8H,9H2,1-2H3. The van der Waals surface area contributed by atoms with Gasteiger partial charge in [0.15, 0.2) is 0 Å². The summed E-state index contributed by atoms with van der Waals surface area (Å²) in [6.07, 6.45) is 3.93. The van der Waals surface area contributed by atoms with Crippen LogP contribution in [0.15, 0.2) is 41.5 Å². The highest BCUT2D eigenvalue weighted by molar-refractivity contribution is 5.68. The lowest BCUT2D eigenvalue weighted by atomic mass is 9.99. The SMILES string of the molecule is CC1=c2c(c(C)c3cccn3c2=O)Cn2cccc21. The molecule has 0 radical (unpaired) electrons. The third-order valence-electron chi connectivity index (χ3n) is 4.24. The number of aromatic nitrogens is 2. The van der Waals surface area contributed by atoms with Crippen LogP contribution in [0.1, 0.15) is 23.7 Å². The molecule has 3 heteroatoms. The van der Waals surface area contributed by atoms with Gasteiger partial charge in [0, 0.05) is 24.6 Å². The number of fused-ring (bicyclic) bond motifs is 3. The van der Waals surface area contributed by atoms with Gasteiger partial charge in [-0.15, -0.1) is 0 Å². The van der Waals surface area contributed by atoms with Crippen molar-refractivity contribution in [2.75, 3.05) is 0 Å². The van der Waals surface area contributed by atoms with Gasteiger partial charge in [0.25, 0.3) is 5.56 Å². The third-order valence-corrected chi connectivity index (χ3v) is 4.24. The minimum absolute atomic E-state index is 0.102. The second-order valence-electron chi connectivity index (χ2n) is 5.19. The normalized spacial score (nSPS) is 13.7. The predicted molar refractivity (Wildman–Crippen MR) is 75.3 cm³/mol. The van der Waals surface area contributed by atoms with Gasteiger partial charge in [0.05, 0.1) is 10.7 Å². The summed E-state index contributed by atoms with van der Waals surface area (Å²) < 4.78 is 3.97. The Morgan fingerprint density at radius 2 is 1.89 bits per heavy atom. The summed E-state index contributed by atoms with van der Waals surface area (Å²) in [7, 11) is 0. The van der Waals surface area contributed by atoms with E-state index < -0.39 is 0 Å². The van der Waals surface area contributed by atoms with Crippen molar-refractivity contribution in [2.45, 2.75) is 20.4 Å². The minimum atomic E-state index is 0.102. The Bertz CT molecular complexity index is 928. The van der Waals surface area contributed by atoms with Crippen LogP contribution in [0.5, 0.6) is 0 Å². The van der Waals surface area contributed by atoms with E-state index in [1.807, 2.05) is 31.3 Å². The fourth-order valence-electron chi connectivity index (χ4n) is 3.23. The van der Waals surface area contributed by atoms with Crippen LogP contribution in [-0.2, 0) is 6.54 Å². The molecule has 0 saturated heterocycles. The summed E-state index contributed by atoms with van der Waals surface area (Å²) in [4.78, 5) is 12.7. The second-order valence-corrected chi connectivity index (χ2v) is 5.19. The van der Waals surface area contributed by atoms with Crippen LogP contribution in [0.4, 0.5) is 0 Å². The first-order chi connectivity index (χ1) is 9.18. The van der Waals surface area contributed by atoms with Crippen molar-refractivity contribution in [1.82, 2.24) is 8.97 Å². The third kappa shape index (κ3) is 1.19. The van der Waals surface area contributed by atoms with Crippen molar-refractivity contribution in [2.24, 2.45) is 0 Å². The molecule has 0 aliphatic carbocycles. The van der Waals surface area contributed by atoms with Crippen molar-refractivity contribution < 1.29 is 0 Å². The average Bonchev–Trinajstić information content (AvgIpc) is 3.04. The topological polar surface area (TPSA) is 26.4 Å². The lowest BCUT2D eigenvalue weighted by Gasteiger charge is -2.19. The number of hydrogen-bond acceptors (Lipinski definition) is 1. The Balaban J connectivity index is 2.32. The van der Waals surface area contributed by atoms with E-state index in [2.05, 4.69) is 23.8 Å². The highest BCUT2D eigenvalue weighted by Crippen LogP contribution is 2.21. The molecule has 19 heavy (non-hydrogen) atoms. The van der Waals surface area contributed by atoms with Gasteiger partial charge in [-0.05, 0) is 54.8 Å². The summed E-state index contributed by atoms with van der Waals surface area (Å²) in [5.41, 5.74) is 5.72. The zero-order chi connectivity index (χ0) is 13.1. The van der Waals surface area contributed by atoms with Crippen LogP contribution in [0.3, 0.4) is 0 Å². The molecule has 0 spiro atoms. The molecule has 1 aliphatic heterocycles. The number of pyridine rings is 1. The molecule has 0 bridgehead atoms. The second kappa shape index (κ2) is 3.38. The van der Waals surface area contributed by atoms with Gasteiger partial charge < -0.3 is 4.57 Å². The van der Waals surface area contributed by atoms with Gasteiger partial charge in [0.1, 0.15) is 0 Å². The van der Waals surface area contributed by atoms with Crippen molar-refractivity contribution in [3.63, 3.8) is 0 Å². The van der Waals surface area contributed by atoms with Crippen molar-refractivity contribution in [1.29, 1.82) is 0 Å². The van der Waals surface area contributed by atoms with E-state index in [1.165, 1.54) is 5.56 Å². The first kappa shape index (κ1) is 10.6. The quantitative estimate of drug-likeness (QED) is 0.596. The smallest absolute Gasteiger partial charge is 0.263 e. The van der Waals surface area contributed by atoms with Gasteiger partial charge in [-0.3, -0.25) is 9.20 Å². The molecule has 0 unspecified atom stereocenters. The van der Waals surface area contributed by atoms with Crippen LogP contribution in [0, 0.1) is 6.92 Å². The largest absolute Gasteiger partial charge is 0.343 e. The molecule has 0 fully saturated rings. The van der Waals surface area contributed by atoms with Crippen LogP contribution >= 0.6 is 0 Å². The van der Waals surface area contributed by atoms with Crippen molar-refractivity contribution >= 4 is 11.1 Å². The molecule has 0 saturated carbocycles. The Morgan fingerprint density at radius 1 is 1.11 bits per heavy atom. The number of rotatable bonds is 0. The summed E-state index contributed by atoms with van der Waals surface area (Å²) in [5.74, 6) is 0. The summed E-state index contributed by atoms with van der Waals surface area (Å²) in [6, 6.07) is 8.06. The van der Waals surface area contributed by atoms with Crippen LogP contribution in [0.2, 0.25) is 0 Å². The van der Waals surface area contributed by atoms with Crippen LogP contribution in [0.25, 0.3) is 11.1 Å². The summed E-state index contributed by atoms with van der Waals surface area (Å²) in [6.45, 7) is 4.94. The van der Waals surface area contributed by atoms with E-state index in [4.69, 9.17) is 0 Å². The minimum Gasteiger partial charge on any atom is -0.343 e. The van der Waals surface area contributed by atoms with Crippen LogP contribution < -0.4 is 10.8 Å². The number of hydrogen-bond donors (Lipinski definition) is 0. The highest BCUT2D eigenvalue weighted by Gasteiger charge is 2.19. The Labute approximate surface area is 110 Å². The molecule has 1 aliphatic rings. The molecule has 3 nitrogen and oxygen atoms in total. The fraction of sp³-hybridized carbons (Fsp3) is 0.188. The molecule has 4 heterocycles. The fourth-order valence-corrected chi connectivity index (χ4v) is 3.23. The molecule has 0 atom stereocenters. The average molecular weight is 250 g/mol. The molecule has 0 amide bonds. The highest BCUT2D eigenvalue weighted by atomic mass is 16.1. The molecule has 3 aromatic rings. The molecular weight excluding hydrogens is 236 g/mol. The van der Waals surface area contributed by atoms with E-state index >= 15 is 0 Å². The maximum atomic E-state index is 12.7. The maximum absolute atomic E-state index is 12.7. The predicted octanol–water partition coefficient (Wildman–Crippen LogP) is 1.71. The van der Waals surface area contributed by atoms with Gasteiger partial charge in [-0.25, -0.2) is 0 Å². The molecule has 94 valence electrons. The lowest BCUT2D eigenvalue weighted by molar-refractivity contribution is 0.762. The van der Waals surface area contributed by atoms with Gasteiger partial charge in [-0.1, -0.05) is 0 Å².